The molecule has 0 fully saturated rings. The highest BCUT2D eigenvalue weighted by Crippen LogP contribution is 2.63. The summed E-state index contributed by atoms with van der Waals surface area (Å²) in [5.74, 6) is 1.16. The number of allylic oxidation sites excluding steroid dienone is 2. The van der Waals surface area contributed by atoms with Gasteiger partial charge in [-0.15, -0.1) is 0 Å². The Hall–Kier alpha value is -3.10. The molecule has 2 aliphatic carbocycles. The van der Waals surface area contributed by atoms with Gasteiger partial charge in [0, 0.05) is 16.0 Å². The van der Waals surface area contributed by atoms with Gasteiger partial charge in [0.2, 0.25) is 0 Å². The molecule has 0 N–H and O–H groups in total. The molecule has 1 spiro atoms. The first-order valence-corrected chi connectivity index (χ1v) is 11.5. The van der Waals surface area contributed by atoms with Crippen molar-refractivity contribution in [3.8, 4) is 16.9 Å². The van der Waals surface area contributed by atoms with Crippen molar-refractivity contribution < 1.29 is 4.74 Å². The summed E-state index contributed by atoms with van der Waals surface area (Å²) < 4.78 is 7.65. The smallest absolute Gasteiger partial charge is 0.125 e. The molecule has 1 aliphatic heterocycles. The Labute approximate surface area is 189 Å². The molecule has 3 atom stereocenters. The van der Waals surface area contributed by atoms with Gasteiger partial charge in [-0.1, -0.05) is 94.8 Å². The van der Waals surface area contributed by atoms with Crippen molar-refractivity contribution in [1.82, 2.24) is 0 Å². The minimum atomic E-state index is -0.309. The fourth-order valence-corrected chi connectivity index (χ4v) is 6.43. The van der Waals surface area contributed by atoms with Crippen LogP contribution < -0.4 is 4.74 Å². The van der Waals surface area contributed by atoms with E-state index < -0.39 is 0 Å². The largest absolute Gasteiger partial charge is 0.485 e. The Kier molecular flexibility index (Phi) is 3.52. The molecule has 0 bridgehead atoms. The summed E-state index contributed by atoms with van der Waals surface area (Å²) in [5, 5.41) is 2.61. The molecule has 3 aliphatic rings. The third-order valence-electron chi connectivity index (χ3n) is 7.18. The summed E-state index contributed by atoms with van der Waals surface area (Å²) in [6, 6.07) is 28.8. The molecule has 0 amide bonds. The lowest BCUT2D eigenvalue weighted by Crippen LogP contribution is -2.47. The predicted molar refractivity (Wildman–Crippen MR) is 130 cm³/mol. The zero-order valence-electron chi connectivity index (χ0n) is 16.8. The Morgan fingerprint density at radius 1 is 0.742 bits per heavy atom. The number of benzene rings is 4. The summed E-state index contributed by atoms with van der Waals surface area (Å²) in [6.07, 6.45) is 8.85. The van der Waals surface area contributed by atoms with Crippen molar-refractivity contribution in [2.24, 2.45) is 5.92 Å². The molecule has 3 unspecified atom stereocenters. The Morgan fingerprint density at radius 2 is 1.55 bits per heavy atom. The highest BCUT2D eigenvalue weighted by atomic mass is 79.9. The minimum Gasteiger partial charge on any atom is -0.485 e. The fraction of sp³-hybridized carbons (Fsp3) is 0.103. The van der Waals surface area contributed by atoms with Gasteiger partial charge in [0.1, 0.15) is 11.9 Å². The minimum absolute atomic E-state index is 0.00310. The molecular weight excluding hydrogens is 444 g/mol. The Balaban J connectivity index is 1.73. The molecule has 0 saturated carbocycles. The van der Waals surface area contributed by atoms with Crippen LogP contribution in [0.1, 0.15) is 16.7 Å². The van der Waals surface area contributed by atoms with Gasteiger partial charge in [-0.25, -0.2) is 0 Å². The summed E-state index contributed by atoms with van der Waals surface area (Å²) in [7, 11) is 0. The van der Waals surface area contributed by atoms with E-state index in [1.807, 2.05) is 0 Å². The number of halogens is 1. The standard InChI is InChI=1S/C29H19BrO/c30-19-14-16-21-22-15-13-18-7-1-2-8-20(18)28(22)29(25(21)17-19)23-9-3-5-11-26(23)31-27-12-6-4-10-24(27)29/h1-17,23,26H. The van der Waals surface area contributed by atoms with Gasteiger partial charge in [0.05, 0.1) is 5.41 Å². The van der Waals surface area contributed by atoms with Gasteiger partial charge in [0.15, 0.2) is 0 Å². The third kappa shape index (κ3) is 2.16. The number of fused-ring (bicyclic) bond motifs is 11. The van der Waals surface area contributed by atoms with Crippen molar-refractivity contribution in [3.63, 3.8) is 0 Å². The lowest BCUT2D eigenvalue weighted by atomic mass is 9.59. The highest BCUT2D eigenvalue weighted by molar-refractivity contribution is 9.10. The first-order valence-electron chi connectivity index (χ1n) is 10.7. The SMILES string of the molecule is Brc1ccc2c(c1)C1(c3ccccc3OC3C=CC=CC31)c1c-2ccc2ccccc12. The van der Waals surface area contributed by atoms with E-state index in [0.717, 1.165) is 10.2 Å². The number of para-hydroxylation sites is 1. The summed E-state index contributed by atoms with van der Waals surface area (Å²) in [4.78, 5) is 0. The third-order valence-corrected chi connectivity index (χ3v) is 7.67. The fourth-order valence-electron chi connectivity index (χ4n) is 6.07. The van der Waals surface area contributed by atoms with E-state index in [4.69, 9.17) is 4.74 Å². The van der Waals surface area contributed by atoms with Crippen LogP contribution in [0, 0.1) is 5.92 Å². The number of hydrogen-bond donors (Lipinski definition) is 0. The van der Waals surface area contributed by atoms with Gasteiger partial charge >= 0.3 is 0 Å². The van der Waals surface area contributed by atoms with E-state index >= 15 is 0 Å². The van der Waals surface area contributed by atoms with Gasteiger partial charge in [-0.3, -0.25) is 0 Å². The van der Waals surface area contributed by atoms with E-state index in [1.54, 1.807) is 0 Å². The molecule has 0 saturated heterocycles. The predicted octanol–water partition coefficient (Wildman–Crippen LogP) is 7.42. The van der Waals surface area contributed by atoms with E-state index in [9.17, 15) is 0 Å². The molecule has 148 valence electrons. The molecule has 4 aromatic carbocycles. The van der Waals surface area contributed by atoms with Crippen LogP contribution in [0.2, 0.25) is 0 Å². The molecule has 4 aromatic rings. The highest BCUT2D eigenvalue weighted by Gasteiger charge is 2.56. The average Bonchev–Trinajstić information content (AvgIpc) is 3.10. The number of ether oxygens (including phenoxy) is 1. The van der Waals surface area contributed by atoms with Crippen molar-refractivity contribution >= 4 is 26.7 Å². The van der Waals surface area contributed by atoms with Crippen LogP contribution in [0.3, 0.4) is 0 Å². The zero-order chi connectivity index (χ0) is 20.6. The van der Waals surface area contributed by atoms with Crippen LogP contribution in [0.15, 0.2) is 108 Å². The topological polar surface area (TPSA) is 9.23 Å². The van der Waals surface area contributed by atoms with Gasteiger partial charge in [-0.2, -0.15) is 0 Å². The number of rotatable bonds is 0. The molecule has 1 nitrogen and oxygen atoms in total. The second-order valence-electron chi connectivity index (χ2n) is 8.58. The molecule has 31 heavy (non-hydrogen) atoms. The molecular formula is C29H19BrO. The normalized spacial score (nSPS) is 24.4. The lowest BCUT2D eigenvalue weighted by Gasteiger charge is -2.47. The van der Waals surface area contributed by atoms with Crippen molar-refractivity contribution in [3.05, 3.63) is 124 Å². The molecule has 0 aromatic heterocycles. The first-order chi connectivity index (χ1) is 15.3. The van der Waals surface area contributed by atoms with Gasteiger partial charge in [-0.05, 0) is 57.3 Å². The quantitative estimate of drug-likeness (QED) is 0.264. The summed E-state index contributed by atoms with van der Waals surface area (Å²) >= 11 is 3.77. The maximum atomic E-state index is 6.55. The second kappa shape index (κ2) is 6.21. The van der Waals surface area contributed by atoms with Crippen LogP contribution in [0.25, 0.3) is 21.9 Å². The monoisotopic (exact) mass is 462 g/mol. The van der Waals surface area contributed by atoms with Crippen LogP contribution in [0.4, 0.5) is 0 Å². The average molecular weight is 463 g/mol. The summed E-state index contributed by atoms with van der Waals surface area (Å²) in [5.41, 5.74) is 6.37. The van der Waals surface area contributed by atoms with E-state index in [1.165, 1.54) is 38.6 Å². The molecule has 2 heteroatoms. The molecule has 1 heterocycles. The van der Waals surface area contributed by atoms with Gasteiger partial charge < -0.3 is 4.74 Å². The first kappa shape index (κ1) is 17.6. The zero-order valence-corrected chi connectivity index (χ0v) is 18.3. The van der Waals surface area contributed by atoms with E-state index in [0.29, 0.717) is 0 Å². The van der Waals surface area contributed by atoms with Crippen LogP contribution >= 0.6 is 15.9 Å². The second-order valence-corrected chi connectivity index (χ2v) is 9.50. The van der Waals surface area contributed by atoms with Gasteiger partial charge in [0.25, 0.3) is 0 Å². The van der Waals surface area contributed by atoms with Crippen LogP contribution in [-0.2, 0) is 5.41 Å². The summed E-state index contributed by atoms with van der Waals surface area (Å²) in [6.45, 7) is 0. The van der Waals surface area contributed by atoms with Crippen LogP contribution in [-0.4, -0.2) is 6.10 Å². The van der Waals surface area contributed by atoms with Crippen LogP contribution in [0.5, 0.6) is 5.75 Å². The van der Waals surface area contributed by atoms with Crippen molar-refractivity contribution in [2.45, 2.75) is 11.5 Å². The van der Waals surface area contributed by atoms with E-state index in [-0.39, 0.29) is 17.4 Å². The van der Waals surface area contributed by atoms with Crippen molar-refractivity contribution in [2.75, 3.05) is 0 Å². The molecule has 7 rings (SSSR count). The number of hydrogen-bond acceptors (Lipinski definition) is 1. The lowest BCUT2D eigenvalue weighted by molar-refractivity contribution is 0.142. The van der Waals surface area contributed by atoms with Crippen molar-refractivity contribution in [1.29, 1.82) is 0 Å². The Bertz CT molecular complexity index is 1450. The van der Waals surface area contributed by atoms with E-state index in [2.05, 4.69) is 119 Å². The Morgan fingerprint density at radius 3 is 2.52 bits per heavy atom. The maximum Gasteiger partial charge on any atom is 0.125 e. The molecule has 0 radical (unpaired) electrons. The maximum absolute atomic E-state index is 6.55.